The number of aromatic nitrogens is 2. The minimum atomic E-state index is -0.450. The van der Waals surface area contributed by atoms with Crippen molar-refractivity contribution in [3.05, 3.63) is 69.7 Å². The molecule has 2 aliphatic carbocycles. The molecule has 0 radical (unpaired) electrons. The van der Waals surface area contributed by atoms with E-state index in [1.165, 1.54) is 52.8 Å². The highest BCUT2D eigenvalue weighted by Crippen LogP contribution is 2.47. The lowest BCUT2D eigenvalue weighted by atomic mass is 9.65. The first-order valence-corrected chi connectivity index (χ1v) is 25.0. The molecule has 1 N–H and O–H groups in total. The summed E-state index contributed by atoms with van der Waals surface area (Å²) in [5.41, 5.74) is 5.85. The van der Waals surface area contributed by atoms with Gasteiger partial charge in [0.1, 0.15) is 23.0 Å². The molecule has 11 nitrogen and oxygen atoms in total. The van der Waals surface area contributed by atoms with Crippen LogP contribution in [0.4, 0.5) is 10.6 Å². The lowest BCUT2D eigenvalue weighted by Crippen LogP contribution is -2.52. The van der Waals surface area contributed by atoms with Gasteiger partial charge >= 0.3 is 6.09 Å². The van der Waals surface area contributed by atoms with E-state index >= 15 is 0 Å². The SMILES string of the molecule is COc1cc2nc(C)nc(N[C@H](C)c3cc(-c4ccccc4CN(C)C)cs3)c2cc1C1CCC(C(=O)N2CCN(CC3CCC4(CC3)CCN(C(=O)OC(C)(C)C)CC4)CC2)CC1. The number of hydrogen-bond donors (Lipinski definition) is 1. The number of nitrogens with zero attached hydrogens (tertiary/aromatic N) is 6. The van der Waals surface area contributed by atoms with E-state index in [-0.39, 0.29) is 18.1 Å². The van der Waals surface area contributed by atoms with Gasteiger partial charge in [-0.15, -0.1) is 11.3 Å². The number of carbonyl (C=O) groups excluding carboxylic acids is 2. The maximum Gasteiger partial charge on any atom is 0.410 e. The Morgan fingerprint density at radius 1 is 0.906 bits per heavy atom. The van der Waals surface area contributed by atoms with E-state index in [1.54, 1.807) is 18.4 Å². The zero-order chi connectivity index (χ0) is 45.2. The quantitative estimate of drug-likeness (QED) is 0.158. The van der Waals surface area contributed by atoms with Gasteiger partial charge in [-0.1, -0.05) is 24.3 Å². The summed E-state index contributed by atoms with van der Waals surface area (Å²) in [4.78, 5) is 46.5. The monoisotopic (exact) mass is 892 g/mol. The normalized spacial score (nSPS) is 21.6. The summed E-state index contributed by atoms with van der Waals surface area (Å²) in [6.45, 7) is 17.2. The number of piperidine rings is 1. The highest BCUT2D eigenvalue weighted by atomic mass is 32.1. The Labute approximate surface area is 386 Å². The van der Waals surface area contributed by atoms with Crippen LogP contribution < -0.4 is 10.1 Å². The summed E-state index contributed by atoms with van der Waals surface area (Å²) in [5, 5.41) is 7.04. The van der Waals surface area contributed by atoms with Crippen molar-refractivity contribution in [2.24, 2.45) is 17.3 Å². The number of rotatable bonds is 11. The van der Waals surface area contributed by atoms with Gasteiger partial charge in [-0.2, -0.15) is 0 Å². The van der Waals surface area contributed by atoms with Gasteiger partial charge in [0, 0.05) is 74.6 Å². The van der Waals surface area contributed by atoms with E-state index in [9.17, 15) is 9.59 Å². The number of methoxy groups -OCH3 is 1. The van der Waals surface area contributed by atoms with Crippen molar-refractivity contribution >= 4 is 40.1 Å². The lowest BCUT2D eigenvalue weighted by Gasteiger charge is -2.47. The molecular weight excluding hydrogens is 819 g/mol. The van der Waals surface area contributed by atoms with Crippen LogP contribution in [0.15, 0.2) is 47.8 Å². The van der Waals surface area contributed by atoms with Gasteiger partial charge in [0.05, 0.1) is 18.7 Å². The van der Waals surface area contributed by atoms with E-state index in [4.69, 9.17) is 19.4 Å². The summed E-state index contributed by atoms with van der Waals surface area (Å²) < 4.78 is 11.7. The molecule has 2 saturated carbocycles. The summed E-state index contributed by atoms with van der Waals surface area (Å²) in [6, 6.07) is 15.4. The molecule has 2 aliphatic heterocycles. The molecule has 4 heterocycles. The number of fused-ring (bicyclic) bond motifs is 1. The van der Waals surface area contributed by atoms with Crippen LogP contribution in [0.1, 0.15) is 126 Å². The maximum absolute atomic E-state index is 14.0. The van der Waals surface area contributed by atoms with Crippen molar-refractivity contribution in [2.45, 2.75) is 123 Å². The second-order valence-electron chi connectivity index (χ2n) is 20.8. The Morgan fingerprint density at radius 2 is 1.61 bits per heavy atom. The largest absolute Gasteiger partial charge is 0.496 e. The average molecular weight is 892 g/mol. The Kier molecular flexibility index (Phi) is 14.2. The molecule has 1 spiro atoms. The van der Waals surface area contributed by atoms with Crippen LogP contribution in [0.25, 0.3) is 22.0 Å². The van der Waals surface area contributed by atoms with Crippen LogP contribution in [-0.2, 0) is 16.1 Å². The Balaban J connectivity index is 0.829. The van der Waals surface area contributed by atoms with Gasteiger partial charge in [0.2, 0.25) is 5.91 Å². The molecule has 4 aliphatic rings. The fourth-order valence-electron chi connectivity index (χ4n) is 11.1. The predicted molar refractivity (Wildman–Crippen MR) is 259 cm³/mol. The predicted octanol–water partition coefficient (Wildman–Crippen LogP) is 10.5. The standard InChI is InChI=1S/C52H73N7O4S/c1-35(47-29-41(34-64-47)42-12-10-9-11-40(42)33-56(6)7)53-48-44-30-43(46(62-8)31-45(44)54-36(2)55-48)38-13-15-39(16-14-38)49(60)58-27-25-57(26-28-58)32-37-17-19-52(20-18-37)21-23-59(24-22-52)50(61)63-51(3,4)5/h9-12,29-31,34-35,37-39H,13-28,32-33H2,1-8H3,(H,53,54,55)/t35-,38?,39?/m1/s1. The van der Waals surface area contributed by atoms with E-state index in [2.05, 4.69) is 88.9 Å². The number of aryl methyl sites for hydroxylation is 1. The number of ether oxygens (including phenoxy) is 2. The fourth-order valence-corrected chi connectivity index (χ4v) is 12.0. The van der Waals surface area contributed by atoms with Crippen molar-refractivity contribution in [3.63, 3.8) is 0 Å². The molecule has 4 fully saturated rings. The first kappa shape index (κ1) is 46.3. The molecule has 2 saturated heterocycles. The molecule has 64 heavy (non-hydrogen) atoms. The van der Waals surface area contributed by atoms with E-state index in [0.717, 1.165) is 125 Å². The molecule has 0 unspecified atom stereocenters. The maximum atomic E-state index is 14.0. The summed E-state index contributed by atoms with van der Waals surface area (Å²) in [5.74, 6) is 3.89. The highest BCUT2D eigenvalue weighted by molar-refractivity contribution is 7.10. The number of nitrogens with one attached hydrogen (secondary N) is 1. The molecule has 2 aromatic heterocycles. The fraction of sp³-hybridized carbons (Fsp3) is 0.615. The van der Waals surface area contributed by atoms with Crippen molar-refractivity contribution in [2.75, 3.05) is 72.3 Å². The molecular formula is C52H73N7O4S. The van der Waals surface area contributed by atoms with Gasteiger partial charge in [-0.25, -0.2) is 14.8 Å². The summed E-state index contributed by atoms with van der Waals surface area (Å²) in [6.07, 6.45) is 10.8. The number of amides is 2. The molecule has 2 aromatic carbocycles. The third-order valence-corrected chi connectivity index (χ3v) is 15.8. The second-order valence-corrected chi connectivity index (χ2v) is 21.8. The smallest absolute Gasteiger partial charge is 0.410 e. The highest BCUT2D eigenvalue weighted by Gasteiger charge is 2.40. The number of thiophene rings is 1. The Bertz CT molecular complexity index is 2240. The van der Waals surface area contributed by atoms with Crippen LogP contribution in [0, 0.1) is 24.2 Å². The van der Waals surface area contributed by atoms with Crippen LogP contribution >= 0.6 is 11.3 Å². The van der Waals surface area contributed by atoms with Crippen molar-refractivity contribution < 1.29 is 19.1 Å². The molecule has 0 bridgehead atoms. The number of piperazine rings is 1. The van der Waals surface area contributed by atoms with E-state index < -0.39 is 5.60 Å². The molecule has 2 amide bonds. The van der Waals surface area contributed by atoms with Crippen LogP contribution in [0.5, 0.6) is 5.75 Å². The average Bonchev–Trinajstić information content (AvgIpc) is 3.77. The van der Waals surface area contributed by atoms with Gasteiger partial charge < -0.3 is 29.5 Å². The van der Waals surface area contributed by atoms with Gasteiger partial charge in [-0.05, 0) is 170 Å². The van der Waals surface area contributed by atoms with Gasteiger partial charge in [0.15, 0.2) is 0 Å². The first-order chi connectivity index (χ1) is 30.7. The number of hydrogen-bond acceptors (Lipinski definition) is 10. The first-order valence-electron chi connectivity index (χ1n) is 24.1. The van der Waals surface area contributed by atoms with Crippen LogP contribution in [0.2, 0.25) is 0 Å². The number of likely N-dealkylation sites (tertiary alicyclic amines) is 1. The lowest BCUT2D eigenvalue weighted by molar-refractivity contribution is -0.138. The number of anilines is 1. The molecule has 1 atom stereocenters. The third kappa shape index (κ3) is 10.9. The summed E-state index contributed by atoms with van der Waals surface area (Å²) >= 11 is 1.78. The Hall–Kier alpha value is -4.26. The number of benzene rings is 2. The van der Waals surface area contributed by atoms with Crippen LogP contribution in [-0.4, -0.2) is 114 Å². The van der Waals surface area contributed by atoms with Crippen molar-refractivity contribution in [3.8, 4) is 16.9 Å². The second kappa shape index (κ2) is 19.7. The third-order valence-electron chi connectivity index (χ3n) is 14.7. The Morgan fingerprint density at radius 3 is 2.28 bits per heavy atom. The van der Waals surface area contributed by atoms with E-state index in [0.29, 0.717) is 17.2 Å². The summed E-state index contributed by atoms with van der Waals surface area (Å²) in [7, 11) is 5.98. The minimum Gasteiger partial charge on any atom is -0.496 e. The zero-order valence-electron chi connectivity index (χ0n) is 39.9. The molecule has 346 valence electrons. The van der Waals surface area contributed by atoms with Crippen LogP contribution in [0.3, 0.4) is 0 Å². The van der Waals surface area contributed by atoms with Crippen molar-refractivity contribution in [1.29, 1.82) is 0 Å². The molecule has 4 aromatic rings. The number of carbonyl (C=O) groups is 2. The van der Waals surface area contributed by atoms with Gasteiger partial charge in [0.25, 0.3) is 0 Å². The van der Waals surface area contributed by atoms with Gasteiger partial charge in [-0.3, -0.25) is 9.69 Å². The zero-order valence-corrected chi connectivity index (χ0v) is 40.7. The molecule has 12 heteroatoms. The topological polar surface area (TPSA) is 103 Å². The van der Waals surface area contributed by atoms with E-state index in [1.807, 2.05) is 32.6 Å². The van der Waals surface area contributed by atoms with Crippen molar-refractivity contribution in [1.82, 2.24) is 29.6 Å². The minimum absolute atomic E-state index is 0.0501. The molecule has 8 rings (SSSR count).